The van der Waals surface area contributed by atoms with Gasteiger partial charge in [0.15, 0.2) is 0 Å². The van der Waals surface area contributed by atoms with Crippen LogP contribution in [0.5, 0.6) is 0 Å². The molecule has 1 aromatic carbocycles. The Labute approximate surface area is 94.6 Å². The van der Waals surface area contributed by atoms with Gasteiger partial charge in [0, 0.05) is 4.47 Å². The molecule has 0 aromatic heterocycles. The molecule has 1 atom stereocenters. The first kappa shape index (κ1) is 11.7. The van der Waals surface area contributed by atoms with Crippen molar-refractivity contribution in [1.29, 1.82) is 0 Å². The Kier molecular flexibility index (Phi) is 5.20. The summed E-state index contributed by atoms with van der Waals surface area (Å²) < 4.78 is 6.82. The molecule has 0 spiro atoms. The van der Waals surface area contributed by atoms with Gasteiger partial charge in [-0.05, 0) is 31.0 Å². The Morgan fingerprint density at radius 3 is 2.86 bits per heavy atom. The second-order valence-corrected chi connectivity index (χ2v) is 4.46. The van der Waals surface area contributed by atoms with Gasteiger partial charge >= 0.3 is 0 Å². The summed E-state index contributed by atoms with van der Waals surface area (Å²) in [6.07, 6.45) is 2.67. The standard InChI is InChI=1S/C12H17BrO/c1-3-5-10(2)14-9-11-6-4-7-12(13)8-11/h4,6-8,10H,3,5,9H2,1-2H3. The minimum Gasteiger partial charge on any atom is -0.374 e. The first-order chi connectivity index (χ1) is 6.72. The van der Waals surface area contributed by atoms with Gasteiger partial charge in [0.2, 0.25) is 0 Å². The van der Waals surface area contributed by atoms with E-state index in [9.17, 15) is 0 Å². The zero-order chi connectivity index (χ0) is 10.4. The predicted octanol–water partition coefficient (Wildman–Crippen LogP) is 4.15. The molecule has 0 radical (unpaired) electrons. The number of rotatable bonds is 5. The molecular formula is C12H17BrO. The van der Waals surface area contributed by atoms with Crippen LogP contribution in [0.4, 0.5) is 0 Å². The topological polar surface area (TPSA) is 9.23 Å². The van der Waals surface area contributed by atoms with E-state index >= 15 is 0 Å². The Bertz CT molecular complexity index is 273. The van der Waals surface area contributed by atoms with E-state index in [0.717, 1.165) is 10.9 Å². The molecule has 1 rings (SSSR count). The monoisotopic (exact) mass is 256 g/mol. The SMILES string of the molecule is CCCC(C)OCc1cccc(Br)c1. The third kappa shape index (κ3) is 4.25. The fourth-order valence-electron chi connectivity index (χ4n) is 1.36. The average molecular weight is 257 g/mol. The van der Waals surface area contributed by atoms with Gasteiger partial charge in [0.05, 0.1) is 12.7 Å². The summed E-state index contributed by atoms with van der Waals surface area (Å²) in [6.45, 7) is 5.01. The van der Waals surface area contributed by atoms with Gasteiger partial charge in [-0.3, -0.25) is 0 Å². The third-order valence-corrected chi connectivity index (χ3v) is 2.61. The summed E-state index contributed by atoms with van der Waals surface area (Å²) in [6, 6.07) is 8.24. The molecule has 1 nitrogen and oxygen atoms in total. The van der Waals surface area contributed by atoms with Crippen molar-refractivity contribution in [3.8, 4) is 0 Å². The molecule has 0 aliphatic rings. The minimum atomic E-state index is 0.360. The fraction of sp³-hybridized carbons (Fsp3) is 0.500. The molecular weight excluding hydrogens is 240 g/mol. The number of hydrogen-bond acceptors (Lipinski definition) is 1. The highest BCUT2D eigenvalue weighted by molar-refractivity contribution is 9.10. The Hall–Kier alpha value is -0.340. The van der Waals surface area contributed by atoms with Crippen LogP contribution >= 0.6 is 15.9 Å². The van der Waals surface area contributed by atoms with Crippen LogP contribution in [-0.4, -0.2) is 6.10 Å². The van der Waals surface area contributed by atoms with Gasteiger partial charge < -0.3 is 4.74 Å². The van der Waals surface area contributed by atoms with Crippen LogP contribution in [0.15, 0.2) is 28.7 Å². The van der Waals surface area contributed by atoms with Crippen molar-refractivity contribution in [3.63, 3.8) is 0 Å². The molecule has 1 aromatic rings. The maximum Gasteiger partial charge on any atom is 0.0720 e. The highest BCUT2D eigenvalue weighted by Crippen LogP contribution is 2.13. The Morgan fingerprint density at radius 2 is 2.21 bits per heavy atom. The van der Waals surface area contributed by atoms with Crippen molar-refractivity contribution in [2.45, 2.75) is 39.4 Å². The van der Waals surface area contributed by atoms with Crippen molar-refractivity contribution < 1.29 is 4.74 Å². The highest BCUT2D eigenvalue weighted by Gasteiger charge is 2.01. The van der Waals surface area contributed by atoms with Crippen molar-refractivity contribution in [3.05, 3.63) is 34.3 Å². The van der Waals surface area contributed by atoms with Gasteiger partial charge in [0.25, 0.3) is 0 Å². The van der Waals surface area contributed by atoms with Crippen LogP contribution in [0.2, 0.25) is 0 Å². The lowest BCUT2D eigenvalue weighted by molar-refractivity contribution is 0.0471. The number of benzene rings is 1. The molecule has 0 aliphatic heterocycles. The molecule has 0 fully saturated rings. The molecule has 0 saturated heterocycles. The van der Waals surface area contributed by atoms with Gasteiger partial charge in [-0.1, -0.05) is 41.4 Å². The number of hydrogen-bond donors (Lipinski definition) is 0. The summed E-state index contributed by atoms with van der Waals surface area (Å²) in [5.74, 6) is 0. The van der Waals surface area contributed by atoms with E-state index in [2.05, 4.69) is 41.9 Å². The molecule has 0 bridgehead atoms. The lowest BCUT2D eigenvalue weighted by Crippen LogP contribution is -2.07. The normalized spacial score (nSPS) is 12.8. The first-order valence-corrected chi connectivity index (χ1v) is 5.87. The van der Waals surface area contributed by atoms with Crippen molar-refractivity contribution >= 4 is 15.9 Å². The van der Waals surface area contributed by atoms with E-state index in [4.69, 9.17) is 4.74 Å². The van der Waals surface area contributed by atoms with Crippen LogP contribution < -0.4 is 0 Å². The molecule has 14 heavy (non-hydrogen) atoms. The predicted molar refractivity (Wildman–Crippen MR) is 63.3 cm³/mol. The summed E-state index contributed by atoms with van der Waals surface area (Å²) in [5, 5.41) is 0. The molecule has 78 valence electrons. The lowest BCUT2D eigenvalue weighted by Gasteiger charge is -2.11. The van der Waals surface area contributed by atoms with E-state index in [1.807, 2.05) is 12.1 Å². The summed E-state index contributed by atoms with van der Waals surface area (Å²) in [5.41, 5.74) is 1.22. The maximum atomic E-state index is 5.70. The smallest absolute Gasteiger partial charge is 0.0720 e. The van der Waals surface area contributed by atoms with E-state index in [1.54, 1.807) is 0 Å². The van der Waals surface area contributed by atoms with Crippen LogP contribution in [0.1, 0.15) is 32.3 Å². The van der Waals surface area contributed by atoms with Gasteiger partial charge in [-0.15, -0.1) is 0 Å². The molecule has 2 heteroatoms. The molecule has 0 aliphatic carbocycles. The third-order valence-electron chi connectivity index (χ3n) is 2.12. The van der Waals surface area contributed by atoms with E-state index in [1.165, 1.54) is 12.0 Å². The van der Waals surface area contributed by atoms with Crippen LogP contribution in [-0.2, 0) is 11.3 Å². The molecule has 1 unspecified atom stereocenters. The first-order valence-electron chi connectivity index (χ1n) is 5.08. The van der Waals surface area contributed by atoms with Crippen LogP contribution in [0.25, 0.3) is 0 Å². The largest absolute Gasteiger partial charge is 0.374 e. The fourth-order valence-corrected chi connectivity index (χ4v) is 1.80. The summed E-state index contributed by atoms with van der Waals surface area (Å²) >= 11 is 3.44. The molecule has 0 saturated carbocycles. The van der Waals surface area contributed by atoms with Gasteiger partial charge in [-0.2, -0.15) is 0 Å². The zero-order valence-electron chi connectivity index (χ0n) is 8.79. The average Bonchev–Trinajstić information content (AvgIpc) is 2.15. The lowest BCUT2D eigenvalue weighted by atomic mass is 10.2. The number of halogens is 1. The zero-order valence-corrected chi connectivity index (χ0v) is 10.4. The minimum absolute atomic E-state index is 0.360. The highest BCUT2D eigenvalue weighted by atomic mass is 79.9. The Balaban J connectivity index is 2.37. The van der Waals surface area contributed by atoms with Gasteiger partial charge in [-0.25, -0.2) is 0 Å². The van der Waals surface area contributed by atoms with Crippen LogP contribution in [0.3, 0.4) is 0 Å². The number of ether oxygens (including phenoxy) is 1. The quantitative estimate of drug-likeness (QED) is 0.769. The second kappa shape index (κ2) is 6.20. The van der Waals surface area contributed by atoms with E-state index in [0.29, 0.717) is 12.7 Å². The summed E-state index contributed by atoms with van der Waals surface area (Å²) in [4.78, 5) is 0. The van der Waals surface area contributed by atoms with Crippen LogP contribution in [0, 0.1) is 0 Å². The van der Waals surface area contributed by atoms with Crippen molar-refractivity contribution in [1.82, 2.24) is 0 Å². The van der Waals surface area contributed by atoms with Gasteiger partial charge in [0.1, 0.15) is 0 Å². The molecule has 0 N–H and O–H groups in total. The van der Waals surface area contributed by atoms with E-state index < -0.39 is 0 Å². The summed E-state index contributed by atoms with van der Waals surface area (Å²) in [7, 11) is 0. The molecule has 0 heterocycles. The van der Waals surface area contributed by atoms with Crippen molar-refractivity contribution in [2.24, 2.45) is 0 Å². The molecule has 0 amide bonds. The maximum absolute atomic E-state index is 5.70. The second-order valence-electron chi connectivity index (χ2n) is 3.54. The Morgan fingerprint density at radius 1 is 1.43 bits per heavy atom. The van der Waals surface area contributed by atoms with E-state index in [-0.39, 0.29) is 0 Å². The van der Waals surface area contributed by atoms with Crippen molar-refractivity contribution in [2.75, 3.05) is 0 Å².